The molecule has 0 saturated carbocycles. The van der Waals surface area contributed by atoms with Crippen LogP contribution in [0.25, 0.3) is 0 Å². The minimum Gasteiger partial charge on any atom is -0.480 e. The van der Waals surface area contributed by atoms with E-state index in [1.165, 1.54) is 13.1 Å². The third kappa shape index (κ3) is 2.32. The van der Waals surface area contributed by atoms with E-state index in [1.807, 2.05) is 0 Å². The molecule has 0 fully saturated rings. The van der Waals surface area contributed by atoms with Gasteiger partial charge in [-0.2, -0.15) is 5.10 Å². The van der Waals surface area contributed by atoms with Crippen molar-refractivity contribution < 1.29 is 14.7 Å². The van der Waals surface area contributed by atoms with Crippen LogP contribution in [0.2, 0.25) is 0 Å². The molecule has 0 bridgehead atoms. The number of carbonyl (C=O) groups is 2. The number of hydrogen-bond donors (Lipinski definition) is 3. The fourth-order valence-corrected chi connectivity index (χ4v) is 1.13. The fourth-order valence-electron chi connectivity index (χ4n) is 0.761. The van der Waals surface area contributed by atoms with Gasteiger partial charge < -0.3 is 10.4 Å². The van der Waals surface area contributed by atoms with E-state index in [9.17, 15) is 9.59 Å². The van der Waals surface area contributed by atoms with Crippen molar-refractivity contribution in [2.45, 2.75) is 13.0 Å². The zero-order chi connectivity index (χ0) is 10.7. The summed E-state index contributed by atoms with van der Waals surface area (Å²) in [7, 11) is 0. The molecule has 0 spiro atoms. The lowest BCUT2D eigenvalue weighted by atomic mass is 10.3. The van der Waals surface area contributed by atoms with E-state index in [0.717, 1.165) is 0 Å². The first-order valence-electron chi connectivity index (χ1n) is 3.75. The second kappa shape index (κ2) is 4.23. The van der Waals surface area contributed by atoms with E-state index in [2.05, 4.69) is 31.4 Å². The van der Waals surface area contributed by atoms with Gasteiger partial charge in [-0.05, 0) is 22.9 Å². The monoisotopic (exact) mass is 261 g/mol. The smallest absolute Gasteiger partial charge is 0.325 e. The highest BCUT2D eigenvalue weighted by molar-refractivity contribution is 9.10. The molecule has 0 aliphatic heterocycles. The van der Waals surface area contributed by atoms with E-state index < -0.39 is 17.9 Å². The lowest BCUT2D eigenvalue weighted by Gasteiger charge is -2.07. The molecule has 1 aromatic heterocycles. The molecule has 0 aromatic carbocycles. The van der Waals surface area contributed by atoms with Crippen LogP contribution in [0.15, 0.2) is 10.7 Å². The van der Waals surface area contributed by atoms with Crippen molar-refractivity contribution in [2.75, 3.05) is 0 Å². The van der Waals surface area contributed by atoms with Gasteiger partial charge in [0.15, 0.2) is 0 Å². The van der Waals surface area contributed by atoms with Crippen molar-refractivity contribution in [3.63, 3.8) is 0 Å². The second-order valence-electron chi connectivity index (χ2n) is 2.63. The minimum absolute atomic E-state index is 0.207. The zero-order valence-corrected chi connectivity index (χ0v) is 8.83. The summed E-state index contributed by atoms with van der Waals surface area (Å²) in [5.74, 6) is -1.60. The first kappa shape index (κ1) is 10.7. The normalized spacial score (nSPS) is 12.1. The number of carbonyl (C=O) groups excluding carboxylic acids is 1. The number of hydrogen-bond acceptors (Lipinski definition) is 3. The van der Waals surface area contributed by atoms with Crippen molar-refractivity contribution >= 4 is 27.8 Å². The van der Waals surface area contributed by atoms with E-state index in [0.29, 0.717) is 4.47 Å². The van der Waals surface area contributed by atoms with Crippen LogP contribution >= 0.6 is 15.9 Å². The Bertz CT molecular complexity index is 363. The second-order valence-corrected chi connectivity index (χ2v) is 3.48. The summed E-state index contributed by atoms with van der Waals surface area (Å²) in [4.78, 5) is 21.8. The molecule has 76 valence electrons. The molecular formula is C7H8BrN3O3. The van der Waals surface area contributed by atoms with Crippen LogP contribution in [0.4, 0.5) is 0 Å². The lowest BCUT2D eigenvalue weighted by Crippen LogP contribution is -2.38. The SMILES string of the molecule is C[C@@H](NC(=O)c1[nH]ncc1Br)C(=O)O. The van der Waals surface area contributed by atoms with Gasteiger partial charge in [-0.25, -0.2) is 0 Å². The molecule has 1 heterocycles. The van der Waals surface area contributed by atoms with Gasteiger partial charge in [0, 0.05) is 0 Å². The van der Waals surface area contributed by atoms with Gasteiger partial charge in [-0.3, -0.25) is 14.7 Å². The maximum Gasteiger partial charge on any atom is 0.325 e. The predicted octanol–water partition coefficient (Wildman–Crippen LogP) is 0.375. The molecule has 1 rings (SSSR count). The number of nitrogens with zero attached hydrogens (tertiary/aromatic N) is 1. The summed E-state index contributed by atoms with van der Waals surface area (Å²) in [5, 5.41) is 16.9. The van der Waals surface area contributed by atoms with E-state index >= 15 is 0 Å². The Morgan fingerprint density at radius 3 is 2.79 bits per heavy atom. The fraction of sp³-hybridized carbons (Fsp3) is 0.286. The first-order valence-corrected chi connectivity index (χ1v) is 4.54. The van der Waals surface area contributed by atoms with Crippen LogP contribution in [-0.4, -0.2) is 33.2 Å². The average molecular weight is 262 g/mol. The van der Waals surface area contributed by atoms with Gasteiger partial charge in [-0.15, -0.1) is 0 Å². The molecule has 0 saturated heterocycles. The van der Waals surface area contributed by atoms with E-state index in [-0.39, 0.29) is 5.69 Å². The number of carboxylic acids is 1. The summed E-state index contributed by atoms with van der Waals surface area (Å²) >= 11 is 3.09. The van der Waals surface area contributed by atoms with Gasteiger partial charge in [0.2, 0.25) is 0 Å². The van der Waals surface area contributed by atoms with Crippen LogP contribution in [0.3, 0.4) is 0 Å². The van der Waals surface area contributed by atoms with Crippen molar-refractivity contribution in [3.05, 3.63) is 16.4 Å². The maximum absolute atomic E-state index is 11.4. The summed E-state index contributed by atoms with van der Waals surface area (Å²) in [6, 6.07) is -0.933. The van der Waals surface area contributed by atoms with Crippen LogP contribution in [-0.2, 0) is 4.79 Å². The summed E-state index contributed by atoms with van der Waals surface area (Å²) in [6.07, 6.45) is 1.42. The Balaban J connectivity index is 2.69. The zero-order valence-electron chi connectivity index (χ0n) is 7.24. The van der Waals surface area contributed by atoms with Gasteiger partial charge >= 0.3 is 5.97 Å². The van der Waals surface area contributed by atoms with Gasteiger partial charge in [0.25, 0.3) is 5.91 Å². The molecule has 0 unspecified atom stereocenters. The Hall–Kier alpha value is -1.37. The third-order valence-corrected chi connectivity index (χ3v) is 2.14. The van der Waals surface area contributed by atoms with Crippen molar-refractivity contribution in [3.8, 4) is 0 Å². The Morgan fingerprint density at radius 1 is 1.71 bits per heavy atom. The molecule has 1 atom stereocenters. The Kier molecular flexibility index (Phi) is 3.23. The number of aliphatic carboxylic acids is 1. The average Bonchev–Trinajstić information content (AvgIpc) is 2.51. The van der Waals surface area contributed by atoms with Crippen LogP contribution in [0, 0.1) is 0 Å². The summed E-state index contributed by atoms with van der Waals surface area (Å²) < 4.78 is 0.493. The number of amides is 1. The van der Waals surface area contributed by atoms with Crippen LogP contribution in [0.5, 0.6) is 0 Å². The molecule has 0 aliphatic carbocycles. The predicted molar refractivity (Wildman–Crippen MR) is 50.9 cm³/mol. The van der Waals surface area contributed by atoms with Crippen molar-refractivity contribution in [1.82, 2.24) is 15.5 Å². The highest BCUT2D eigenvalue weighted by Gasteiger charge is 2.18. The van der Waals surface area contributed by atoms with Gasteiger partial charge in [0.1, 0.15) is 11.7 Å². The number of carboxylic acid groups (broad SMARTS) is 1. The molecule has 1 amide bonds. The van der Waals surface area contributed by atoms with E-state index in [4.69, 9.17) is 5.11 Å². The number of aromatic nitrogens is 2. The molecule has 0 radical (unpaired) electrons. The number of halogens is 1. The number of nitrogens with one attached hydrogen (secondary N) is 2. The lowest BCUT2D eigenvalue weighted by molar-refractivity contribution is -0.138. The number of rotatable bonds is 3. The van der Waals surface area contributed by atoms with Crippen LogP contribution in [0.1, 0.15) is 17.4 Å². The van der Waals surface area contributed by atoms with Gasteiger partial charge in [-0.1, -0.05) is 0 Å². The largest absolute Gasteiger partial charge is 0.480 e. The summed E-state index contributed by atoms with van der Waals surface area (Å²) in [5.41, 5.74) is 0.207. The molecule has 6 nitrogen and oxygen atoms in total. The molecule has 14 heavy (non-hydrogen) atoms. The number of H-pyrrole nitrogens is 1. The van der Waals surface area contributed by atoms with Crippen molar-refractivity contribution in [2.24, 2.45) is 0 Å². The van der Waals surface area contributed by atoms with Crippen LogP contribution < -0.4 is 5.32 Å². The molecule has 0 aliphatic rings. The quantitative estimate of drug-likeness (QED) is 0.733. The number of aromatic amines is 1. The topological polar surface area (TPSA) is 95.1 Å². The molecular weight excluding hydrogens is 254 g/mol. The minimum atomic E-state index is -1.09. The summed E-state index contributed by atoms with van der Waals surface area (Å²) in [6.45, 7) is 1.38. The van der Waals surface area contributed by atoms with Gasteiger partial charge in [0.05, 0.1) is 10.7 Å². The highest BCUT2D eigenvalue weighted by atomic mass is 79.9. The molecule has 3 N–H and O–H groups in total. The van der Waals surface area contributed by atoms with E-state index in [1.54, 1.807) is 0 Å². The standard InChI is InChI=1S/C7H8BrN3O3/c1-3(7(13)14)10-6(12)5-4(8)2-9-11-5/h2-3H,1H3,(H,9,11)(H,10,12)(H,13,14)/t3-/m1/s1. The molecule has 1 aromatic rings. The maximum atomic E-state index is 11.4. The highest BCUT2D eigenvalue weighted by Crippen LogP contribution is 2.12. The Morgan fingerprint density at radius 2 is 2.36 bits per heavy atom. The third-order valence-electron chi connectivity index (χ3n) is 1.54. The Labute approximate surface area is 87.8 Å². The van der Waals surface area contributed by atoms with Crippen molar-refractivity contribution in [1.29, 1.82) is 0 Å². The first-order chi connectivity index (χ1) is 6.52. The molecule has 7 heteroatoms.